The number of aliphatic hydroxyl groups is 20. The molecule has 0 aromatic carbocycles. The van der Waals surface area contributed by atoms with Gasteiger partial charge in [-0.15, -0.1) is 0 Å². The highest BCUT2D eigenvalue weighted by Crippen LogP contribution is 2.71. The van der Waals surface area contributed by atoms with Crippen LogP contribution in [-0.2, 0) is 52.1 Å². The zero-order chi connectivity index (χ0) is 64.0. The van der Waals surface area contributed by atoms with E-state index < -0.39 is 216 Å². The van der Waals surface area contributed by atoms with E-state index in [1.54, 1.807) is 0 Å². The fourth-order valence-corrected chi connectivity index (χ4v) is 17.1. The average molecular weight is 1280 g/mol. The van der Waals surface area contributed by atoms with Crippen LogP contribution in [-0.4, -0.2) is 325 Å². The zero-order valence-corrected chi connectivity index (χ0v) is 49.7. The smallest absolute Gasteiger partial charge is 0.187 e. The average Bonchev–Trinajstić information content (AvgIpc) is 1.42. The van der Waals surface area contributed by atoms with Crippen molar-refractivity contribution in [2.24, 2.45) is 46.3 Å². The van der Waals surface area contributed by atoms with E-state index in [0.717, 1.165) is 6.42 Å². The number of fused-ring (bicyclic) bond motifs is 7. The largest absolute Gasteiger partial charge is 0.394 e. The van der Waals surface area contributed by atoms with E-state index in [1.165, 1.54) is 0 Å². The van der Waals surface area contributed by atoms with Crippen molar-refractivity contribution in [1.29, 1.82) is 0 Å². The Hall–Kier alpha value is -1.24. The Kier molecular flexibility index (Phi) is 21.4. The van der Waals surface area contributed by atoms with E-state index in [4.69, 9.17) is 52.1 Å². The van der Waals surface area contributed by atoms with Gasteiger partial charge in [-0.25, -0.2) is 0 Å². The SMILES string of the molecule is C[C@H](CC[C@@]1(O)O[C@H]2C[C@H]3[C@@H]4CC[C@@]5(O)C[C@@H](O[C@@H]6O[C@H](CO)[C@H](O[C@@H]7O[C@H](CO)[C@@H](O)[C@H](O[C@@H]8O[C@H](CO)[C@@H](O)[C@H](O)[C@H]8O)[C@H]7O[C@@H]7O[C@H](CO)[C@@H](O)[C@H](O)[C@H]7O)[C@H](O)[C@H]6O)[C@H](O)C[C@]5(C)[C@H]4CC[C@]3(C)[C@H]2[C@@H]1C)CO[C@@H]1O[C@H](CO)[C@@H](O)[C@H](O)[C@H]1O. The molecule has 0 aromatic heterocycles. The molecule has 6 saturated heterocycles. The molecular formula is C57H96O31. The molecule has 0 bridgehead atoms. The van der Waals surface area contributed by atoms with Crippen molar-refractivity contribution in [3.63, 3.8) is 0 Å². The van der Waals surface area contributed by atoms with Gasteiger partial charge in [0, 0.05) is 24.2 Å². The van der Waals surface area contributed by atoms with Crippen LogP contribution in [0, 0.1) is 46.3 Å². The first-order chi connectivity index (χ1) is 41.5. The summed E-state index contributed by atoms with van der Waals surface area (Å²) in [5.74, 6) is -1.57. The third kappa shape index (κ3) is 12.3. The van der Waals surface area contributed by atoms with Gasteiger partial charge >= 0.3 is 0 Å². The highest BCUT2D eigenvalue weighted by molar-refractivity contribution is 5.19. The van der Waals surface area contributed by atoms with Crippen molar-refractivity contribution in [3.05, 3.63) is 0 Å². The minimum atomic E-state index is -2.11. The molecule has 0 radical (unpaired) electrons. The van der Waals surface area contributed by atoms with Crippen molar-refractivity contribution in [2.45, 2.75) is 269 Å². The van der Waals surface area contributed by atoms with Gasteiger partial charge in [0.05, 0.1) is 63.6 Å². The van der Waals surface area contributed by atoms with Crippen molar-refractivity contribution < 1.29 is 154 Å². The van der Waals surface area contributed by atoms with Gasteiger partial charge in [-0.2, -0.15) is 0 Å². The monoisotopic (exact) mass is 1280 g/mol. The summed E-state index contributed by atoms with van der Waals surface area (Å²) in [5, 5.41) is 218. The van der Waals surface area contributed by atoms with Gasteiger partial charge in [0.1, 0.15) is 122 Å². The van der Waals surface area contributed by atoms with Gasteiger partial charge in [0.15, 0.2) is 37.2 Å². The molecule has 0 unspecified atom stereocenters. The molecule has 10 aliphatic rings. The minimum absolute atomic E-state index is 0.0142. The molecule has 0 spiro atoms. The molecule has 10 rings (SSSR count). The molecule has 31 nitrogen and oxygen atoms in total. The summed E-state index contributed by atoms with van der Waals surface area (Å²) in [7, 11) is 0. The second-order valence-corrected chi connectivity index (χ2v) is 27.4. The number of hydrogen-bond acceptors (Lipinski definition) is 31. The van der Waals surface area contributed by atoms with Crippen molar-refractivity contribution in [1.82, 2.24) is 0 Å². The van der Waals surface area contributed by atoms with Crippen LogP contribution in [0.1, 0.15) is 85.5 Å². The lowest BCUT2D eigenvalue weighted by molar-refractivity contribution is -0.407. The van der Waals surface area contributed by atoms with Gasteiger partial charge in [-0.1, -0.05) is 27.7 Å². The van der Waals surface area contributed by atoms with E-state index >= 15 is 0 Å². The maximum Gasteiger partial charge on any atom is 0.187 e. The third-order valence-electron chi connectivity index (χ3n) is 22.4. The summed E-state index contributed by atoms with van der Waals surface area (Å²) in [6, 6.07) is 0. The quantitative estimate of drug-likeness (QED) is 0.0534. The third-order valence-corrected chi connectivity index (χ3v) is 22.4. The Balaban J connectivity index is 0.789. The minimum Gasteiger partial charge on any atom is -0.394 e. The van der Waals surface area contributed by atoms with Gasteiger partial charge in [-0.3, -0.25) is 0 Å². The molecule has 6 heterocycles. The summed E-state index contributed by atoms with van der Waals surface area (Å²) in [6.07, 6.45) is -43.9. The fourth-order valence-electron chi connectivity index (χ4n) is 17.1. The summed E-state index contributed by atoms with van der Waals surface area (Å²) < 4.78 is 65.4. The van der Waals surface area contributed by atoms with E-state index in [2.05, 4.69) is 6.92 Å². The standard InChI is InChI=1S/C57H96O31/c1-20(19-78-49-42(72)38(68)34(64)28(14-58)80-49)5-10-57(77)21(2)33-26(88-57)11-24-22-6-9-56(76)13-27(25(63)12-55(56,4)23(22)7-8-54(24,33)3)79-50-45(75)41(71)46(32(18-62)84-50)85-53-48(87-52-44(74)40(70)36(66)30(16-60)82-52)47(37(67)31(17-61)83-53)86-51-43(73)39(69)35(65)29(15-59)81-51/h20-53,58-77H,5-19H2,1-4H3/t20-,21+,22-,23+,24+,25-,26+,27-,28-,29-,30-,31-,32-,33+,34-,35-,36-,37-,38+,39+,40+,41-,42-,43-,44-,45-,46+,47+,48-,49-,50-,51+,52+,53+,54+,55-,56-,57-/m1/s1. The highest BCUT2D eigenvalue weighted by atomic mass is 16.8. The molecule has 20 N–H and O–H groups in total. The second kappa shape index (κ2) is 27.1. The lowest BCUT2D eigenvalue weighted by Gasteiger charge is -2.65. The number of hydrogen-bond donors (Lipinski definition) is 20. The van der Waals surface area contributed by atoms with E-state index in [0.29, 0.717) is 38.5 Å². The molecule has 10 fully saturated rings. The molecule has 510 valence electrons. The maximum atomic E-state index is 12.9. The van der Waals surface area contributed by atoms with Crippen LogP contribution in [0.5, 0.6) is 0 Å². The summed E-state index contributed by atoms with van der Waals surface area (Å²) in [4.78, 5) is 0. The van der Waals surface area contributed by atoms with Gasteiger partial charge in [-0.05, 0) is 80.0 Å². The van der Waals surface area contributed by atoms with Gasteiger partial charge < -0.3 is 154 Å². The molecule has 88 heavy (non-hydrogen) atoms. The Bertz CT molecular complexity index is 2280. The molecule has 38 atom stereocenters. The van der Waals surface area contributed by atoms with Crippen molar-refractivity contribution >= 4 is 0 Å². The molecule has 4 saturated carbocycles. The normalized spacial score (nSPS) is 56.0. The molecule has 0 aromatic rings. The maximum absolute atomic E-state index is 12.9. The predicted molar refractivity (Wildman–Crippen MR) is 287 cm³/mol. The first-order valence-corrected chi connectivity index (χ1v) is 31.1. The predicted octanol–water partition coefficient (Wildman–Crippen LogP) is -8.05. The highest BCUT2D eigenvalue weighted by Gasteiger charge is 2.71. The summed E-state index contributed by atoms with van der Waals surface area (Å²) in [6.45, 7) is 3.95. The number of rotatable bonds is 19. The molecular weight excluding hydrogens is 1180 g/mol. The lowest BCUT2D eigenvalue weighted by Crippen LogP contribution is -2.69. The molecule has 31 heteroatoms. The Labute approximate surface area is 507 Å². The topological polar surface area (TPSA) is 506 Å². The van der Waals surface area contributed by atoms with Crippen LogP contribution in [0.15, 0.2) is 0 Å². The van der Waals surface area contributed by atoms with Gasteiger partial charge in [0.25, 0.3) is 0 Å². The van der Waals surface area contributed by atoms with Crippen molar-refractivity contribution in [3.8, 4) is 0 Å². The zero-order valence-electron chi connectivity index (χ0n) is 49.7. The van der Waals surface area contributed by atoms with Crippen LogP contribution in [0.25, 0.3) is 0 Å². The summed E-state index contributed by atoms with van der Waals surface area (Å²) >= 11 is 0. The first-order valence-electron chi connectivity index (χ1n) is 31.1. The van der Waals surface area contributed by atoms with E-state index in [-0.39, 0.29) is 66.5 Å². The molecule has 0 amide bonds. The Morgan fingerprint density at radius 2 is 0.966 bits per heavy atom. The molecule has 6 aliphatic heterocycles. The Morgan fingerprint density at radius 3 is 1.53 bits per heavy atom. The number of ether oxygens (including phenoxy) is 11. The van der Waals surface area contributed by atoms with Crippen LogP contribution in [0.4, 0.5) is 0 Å². The van der Waals surface area contributed by atoms with Crippen LogP contribution in [0.2, 0.25) is 0 Å². The fraction of sp³-hybridized carbons (Fsp3) is 1.00. The van der Waals surface area contributed by atoms with E-state index in [1.807, 2.05) is 20.8 Å². The van der Waals surface area contributed by atoms with E-state index in [9.17, 15) is 102 Å². The van der Waals surface area contributed by atoms with Crippen molar-refractivity contribution in [2.75, 3.05) is 39.6 Å². The number of aliphatic hydroxyl groups excluding tert-OH is 18. The second-order valence-electron chi connectivity index (χ2n) is 27.4. The summed E-state index contributed by atoms with van der Waals surface area (Å²) in [5.41, 5.74) is -2.46. The molecule has 4 aliphatic carbocycles. The van der Waals surface area contributed by atoms with Crippen LogP contribution < -0.4 is 0 Å². The lowest BCUT2D eigenvalue weighted by atomic mass is 9.42. The van der Waals surface area contributed by atoms with Crippen LogP contribution >= 0.6 is 0 Å². The first kappa shape index (κ1) is 69.6. The van der Waals surface area contributed by atoms with Crippen LogP contribution in [0.3, 0.4) is 0 Å². The Morgan fingerprint density at radius 1 is 0.489 bits per heavy atom. The van der Waals surface area contributed by atoms with Gasteiger partial charge in [0.2, 0.25) is 0 Å².